The van der Waals surface area contributed by atoms with Crippen molar-refractivity contribution in [3.63, 3.8) is 0 Å². The Balaban J connectivity index is 2.02. The Bertz CT molecular complexity index is 367. The third-order valence-electron chi connectivity index (χ3n) is 3.18. The van der Waals surface area contributed by atoms with Crippen LogP contribution in [0.2, 0.25) is 0 Å². The molecule has 0 saturated carbocycles. The SMILES string of the molecule is Cn1cc(C(CC2=CCCCC2)NN)cn1. The minimum Gasteiger partial charge on any atom is -0.275 e. The van der Waals surface area contributed by atoms with E-state index in [0.29, 0.717) is 0 Å². The van der Waals surface area contributed by atoms with Crippen LogP contribution in [0.1, 0.15) is 43.7 Å². The van der Waals surface area contributed by atoms with Gasteiger partial charge in [-0.1, -0.05) is 11.6 Å². The number of aromatic nitrogens is 2. The Morgan fingerprint density at radius 1 is 1.56 bits per heavy atom. The van der Waals surface area contributed by atoms with E-state index < -0.39 is 0 Å². The Hall–Kier alpha value is -1.13. The highest BCUT2D eigenvalue weighted by Gasteiger charge is 2.14. The van der Waals surface area contributed by atoms with Crippen molar-refractivity contribution in [3.05, 3.63) is 29.6 Å². The number of nitrogens with one attached hydrogen (secondary N) is 1. The van der Waals surface area contributed by atoms with Crippen LogP contribution in [-0.2, 0) is 7.05 Å². The summed E-state index contributed by atoms with van der Waals surface area (Å²) in [5, 5.41) is 4.18. The van der Waals surface area contributed by atoms with E-state index >= 15 is 0 Å². The first-order valence-corrected chi connectivity index (χ1v) is 5.92. The average molecular weight is 220 g/mol. The number of aryl methyl sites for hydroxylation is 1. The van der Waals surface area contributed by atoms with E-state index in [1.165, 1.54) is 31.3 Å². The molecule has 4 nitrogen and oxygen atoms in total. The zero-order valence-corrected chi connectivity index (χ0v) is 9.82. The van der Waals surface area contributed by atoms with E-state index in [0.717, 1.165) is 12.0 Å². The Kier molecular flexibility index (Phi) is 3.74. The first kappa shape index (κ1) is 11.4. The second kappa shape index (κ2) is 5.27. The summed E-state index contributed by atoms with van der Waals surface area (Å²) in [7, 11) is 1.93. The van der Waals surface area contributed by atoms with Crippen molar-refractivity contribution in [1.29, 1.82) is 0 Å². The smallest absolute Gasteiger partial charge is 0.0538 e. The second-order valence-electron chi connectivity index (χ2n) is 4.48. The largest absolute Gasteiger partial charge is 0.275 e. The summed E-state index contributed by atoms with van der Waals surface area (Å²) in [5.41, 5.74) is 5.57. The normalized spacial score (nSPS) is 18.2. The lowest BCUT2D eigenvalue weighted by Crippen LogP contribution is -2.28. The lowest BCUT2D eigenvalue weighted by molar-refractivity contribution is 0.528. The topological polar surface area (TPSA) is 55.9 Å². The van der Waals surface area contributed by atoms with E-state index in [2.05, 4.69) is 16.6 Å². The van der Waals surface area contributed by atoms with Crippen molar-refractivity contribution in [1.82, 2.24) is 15.2 Å². The molecule has 1 atom stereocenters. The number of hydrazine groups is 1. The summed E-state index contributed by atoms with van der Waals surface area (Å²) in [4.78, 5) is 0. The molecule has 0 aliphatic heterocycles. The number of allylic oxidation sites excluding steroid dienone is 1. The van der Waals surface area contributed by atoms with Crippen LogP contribution in [0.25, 0.3) is 0 Å². The molecule has 0 amide bonds. The van der Waals surface area contributed by atoms with E-state index in [4.69, 9.17) is 5.84 Å². The molecule has 1 aromatic rings. The first-order valence-electron chi connectivity index (χ1n) is 5.92. The standard InChI is InChI=1S/C12H20N4/c1-16-9-11(8-14-16)12(15-13)7-10-5-3-2-4-6-10/h5,8-9,12,15H,2-4,6-7,13H2,1H3. The molecule has 3 N–H and O–H groups in total. The van der Waals surface area contributed by atoms with Crippen LogP contribution in [0.5, 0.6) is 0 Å². The van der Waals surface area contributed by atoms with Crippen LogP contribution in [0.3, 0.4) is 0 Å². The van der Waals surface area contributed by atoms with Crippen LogP contribution in [0, 0.1) is 0 Å². The van der Waals surface area contributed by atoms with Crippen LogP contribution in [0.15, 0.2) is 24.0 Å². The van der Waals surface area contributed by atoms with Gasteiger partial charge in [-0.15, -0.1) is 0 Å². The molecule has 4 heteroatoms. The average Bonchev–Trinajstić information content (AvgIpc) is 2.74. The van der Waals surface area contributed by atoms with Gasteiger partial charge < -0.3 is 0 Å². The molecule has 1 unspecified atom stereocenters. The molecule has 88 valence electrons. The lowest BCUT2D eigenvalue weighted by Gasteiger charge is -2.19. The summed E-state index contributed by atoms with van der Waals surface area (Å²) in [5.74, 6) is 5.62. The van der Waals surface area contributed by atoms with E-state index in [1.54, 1.807) is 0 Å². The predicted octanol–water partition coefficient (Wildman–Crippen LogP) is 1.81. The number of rotatable bonds is 4. The zero-order valence-electron chi connectivity index (χ0n) is 9.82. The fourth-order valence-corrected chi connectivity index (χ4v) is 2.25. The summed E-state index contributed by atoms with van der Waals surface area (Å²) >= 11 is 0. The predicted molar refractivity (Wildman–Crippen MR) is 64.4 cm³/mol. The zero-order chi connectivity index (χ0) is 11.4. The van der Waals surface area contributed by atoms with E-state index in [-0.39, 0.29) is 6.04 Å². The van der Waals surface area contributed by atoms with Gasteiger partial charge in [0.2, 0.25) is 0 Å². The fourth-order valence-electron chi connectivity index (χ4n) is 2.25. The summed E-state index contributed by atoms with van der Waals surface area (Å²) in [6.45, 7) is 0. The molecule has 0 bridgehead atoms. The Morgan fingerprint density at radius 3 is 3.00 bits per heavy atom. The molecular weight excluding hydrogens is 200 g/mol. The Labute approximate surface area is 96.5 Å². The molecular formula is C12H20N4. The van der Waals surface area contributed by atoms with Crippen molar-refractivity contribution in [2.45, 2.75) is 38.1 Å². The highest BCUT2D eigenvalue weighted by atomic mass is 15.3. The van der Waals surface area contributed by atoms with Crippen LogP contribution in [-0.4, -0.2) is 9.78 Å². The van der Waals surface area contributed by atoms with E-state index in [9.17, 15) is 0 Å². The number of hydrogen-bond donors (Lipinski definition) is 2. The minimum absolute atomic E-state index is 0.193. The van der Waals surface area contributed by atoms with Gasteiger partial charge in [-0.3, -0.25) is 16.0 Å². The van der Waals surface area contributed by atoms with Crippen molar-refractivity contribution in [2.75, 3.05) is 0 Å². The number of nitrogens with two attached hydrogens (primary N) is 1. The maximum Gasteiger partial charge on any atom is 0.0538 e. The third kappa shape index (κ3) is 2.71. The molecule has 1 aliphatic carbocycles. The molecule has 1 aromatic heterocycles. The van der Waals surface area contributed by atoms with Crippen molar-refractivity contribution in [3.8, 4) is 0 Å². The molecule has 0 fully saturated rings. The second-order valence-corrected chi connectivity index (χ2v) is 4.48. The van der Waals surface area contributed by atoms with Crippen molar-refractivity contribution in [2.24, 2.45) is 12.9 Å². The van der Waals surface area contributed by atoms with E-state index in [1.807, 2.05) is 24.1 Å². The quantitative estimate of drug-likeness (QED) is 0.462. The molecule has 0 aromatic carbocycles. The third-order valence-corrected chi connectivity index (χ3v) is 3.18. The van der Waals surface area contributed by atoms with Crippen molar-refractivity contribution >= 4 is 0 Å². The monoisotopic (exact) mass is 220 g/mol. The Morgan fingerprint density at radius 2 is 2.44 bits per heavy atom. The summed E-state index contributed by atoms with van der Waals surface area (Å²) in [6, 6.07) is 0.193. The minimum atomic E-state index is 0.193. The van der Waals surface area contributed by atoms with Gasteiger partial charge in [0.25, 0.3) is 0 Å². The molecule has 2 rings (SSSR count). The highest BCUT2D eigenvalue weighted by Crippen LogP contribution is 2.26. The molecule has 1 aliphatic rings. The summed E-state index contributed by atoms with van der Waals surface area (Å²) < 4.78 is 1.81. The molecule has 0 spiro atoms. The molecule has 0 saturated heterocycles. The highest BCUT2D eigenvalue weighted by molar-refractivity contribution is 5.16. The van der Waals surface area contributed by atoms with Gasteiger partial charge in [-0.25, -0.2) is 0 Å². The van der Waals surface area contributed by atoms with Gasteiger partial charge in [0.05, 0.1) is 12.2 Å². The molecule has 16 heavy (non-hydrogen) atoms. The lowest BCUT2D eigenvalue weighted by atomic mass is 9.93. The van der Waals surface area contributed by atoms with Crippen LogP contribution >= 0.6 is 0 Å². The maximum absolute atomic E-state index is 5.62. The number of nitrogens with zero attached hydrogens (tertiary/aromatic N) is 2. The van der Waals surface area contributed by atoms with Gasteiger partial charge in [-0.05, 0) is 32.1 Å². The van der Waals surface area contributed by atoms with Crippen LogP contribution < -0.4 is 11.3 Å². The van der Waals surface area contributed by atoms with Crippen molar-refractivity contribution < 1.29 is 0 Å². The number of hydrogen-bond acceptors (Lipinski definition) is 3. The molecule has 0 radical (unpaired) electrons. The van der Waals surface area contributed by atoms with Gasteiger partial charge >= 0.3 is 0 Å². The van der Waals surface area contributed by atoms with Gasteiger partial charge in [0.1, 0.15) is 0 Å². The first-order chi connectivity index (χ1) is 7.79. The van der Waals surface area contributed by atoms with Gasteiger partial charge in [0.15, 0.2) is 0 Å². The van der Waals surface area contributed by atoms with Gasteiger partial charge in [0, 0.05) is 18.8 Å². The molecule has 1 heterocycles. The maximum atomic E-state index is 5.62. The fraction of sp³-hybridized carbons (Fsp3) is 0.583. The van der Waals surface area contributed by atoms with Gasteiger partial charge in [-0.2, -0.15) is 5.10 Å². The van der Waals surface area contributed by atoms with Crippen LogP contribution in [0.4, 0.5) is 0 Å². The summed E-state index contributed by atoms with van der Waals surface area (Å²) in [6.07, 6.45) is 12.4.